The van der Waals surface area contributed by atoms with Gasteiger partial charge in [0.15, 0.2) is 6.10 Å². The number of urea groups is 1. The van der Waals surface area contributed by atoms with Gasteiger partial charge in [-0.3, -0.25) is 4.79 Å². The summed E-state index contributed by atoms with van der Waals surface area (Å²) in [5, 5.41) is 6.10. The Morgan fingerprint density at radius 2 is 1.70 bits per heavy atom. The number of amides is 3. The molecule has 0 aliphatic carbocycles. The zero-order valence-corrected chi connectivity index (χ0v) is 19.1. The molecular weight excluding hydrogens is 442 g/mol. The van der Waals surface area contributed by atoms with Gasteiger partial charge in [-0.25, -0.2) is 4.79 Å². The summed E-state index contributed by atoms with van der Waals surface area (Å²) in [4.78, 5) is 26.7. The molecule has 1 heterocycles. The van der Waals surface area contributed by atoms with Crippen molar-refractivity contribution in [3.8, 4) is 11.5 Å². The number of nitrogens with zero attached hydrogens (tertiary/aromatic N) is 1. The fourth-order valence-corrected chi connectivity index (χ4v) is 3.56. The number of rotatable bonds is 6. The third kappa shape index (κ3) is 5.56. The lowest BCUT2D eigenvalue weighted by Gasteiger charge is -2.33. The largest absolute Gasteiger partial charge is 0.492 e. The van der Waals surface area contributed by atoms with Crippen molar-refractivity contribution in [1.29, 1.82) is 0 Å². The number of benzene rings is 3. The smallest absolute Gasteiger partial charge is 0.323 e. The van der Waals surface area contributed by atoms with Crippen molar-refractivity contribution in [2.45, 2.75) is 20.0 Å². The van der Waals surface area contributed by atoms with Crippen LogP contribution in [0.2, 0.25) is 5.02 Å². The minimum absolute atomic E-state index is 0.142. The third-order valence-electron chi connectivity index (χ3n) is 5.13. The van der Waals surface area contributed by atoms with Gasteiger partial charge in [0.25, 0.3) is 5.91 Å². The zero-order chi connectivity index (χ0) is 23.4. The molecule has 0 spiro atoms. The molecule has 170 valence electrons. The van der Waals surface area contributed by atoms with E-state index in [-0.39, 0.29) is 5.91 Å². The number of fused-ring (bicyclic) bond motifs is 1. The molecule has 1 unspecified atom stereocenters. The van der Waals surface area contributed by atoms with E-state index in [0.29, 0.717) is 41.0 Å². The van der Waals surface area contributed by atoms with E-state index < -0.39 is 12.1 Å². The Morgan fingerprint density at radius 3 is 2.42 bits per heavy atom. The fraction of sp³-hybridized carbons (Fsp3) is 0.200. The molecule has 7 nitrogen and oxygen atoms in total. The van der Waals surface area contributed by atoms with Gasteiger partial charge in [0.05, 0.1) is 12.2 Å². The molecule has 1 atom stereocenters. The fourth-order valence-electron chi connectivity index (χ4n) is 3.43. The number of halogens is 1. The molecule has 2 N–H and O–H groups in total. The number of anilines is 3. The average molecular weight is 466 g/mol. The van der Waals surface area contributed by atoms with Crippen molar-refractivity contribution < 1.29 is 19.1 Å². The predicted molar refractivity (Wildman–Crippen MR) is 130 cm³/mol. The van der Waals surface area contributed by atoms with Gasteiger partial charge < -0.3 is 25.0 Å². The second kappa shape index (κ2) is 9.83. The summed E-state index contributed by atoms with van der Waals surface area (Å²) in [5.41, 5.74) is 2.94. The molecule has 33 heavy (non-hydrogen) atoms. The second-order valence-corrected chi connectivity index (χ2v) is 8.12. The molecule has 3 aromatic rings. The van der Waals surface area contributed by atoms with Gasteiger partial charge in [0.2, 0.25) is 0 Å². The molecule has 8 heteroatoms. The highest BCUT2D eigenvalue weighted by atomic mass is 35.5. The predicted octanol–water partition coefficient (Wildman–Crippen LogP) is 5.49. The standard InChI is InChI=1S/C25H24ClN3O4/c1-16-3-10-21(11-4-16)32-14-13-29-22-12-9-20(15-23(22)33-17(2)24(29)30)28-25(31)27-19-7-5-18(26)6-8-19/h3-12,15,17H,13-14H2,1-2H3,(H2,27,28,31). The van der Waals surface area contributed by atoms with Crippen LogP contribution in [0.25, 0.3) is 0 Å². The van der Waals surface area contributed by atoms with Gasteiger partial charge in [-0.2, -0.15) is 0 Å². The lowest BCUT2D eigenvalue weighted by atomic mass is 10.1. The van der Waals surface area contributed by atoms with Gasteiger partial charge in [-0.05, 0) is 62.4 Å². The Labute approximate surface area is 197 Å². The van der Waals surface area contributed by atoms with Crippen LogP contribution in [-0.2, 0) is 4.79 Å². The van der Waals surface area contributed by atoms with Gasteiger partial charge in [-0.15, -0.1) is 0 Å². The molecule has 1 aliphatic heterocycles. The number of carbonyl (C=O) groups is 2. The molecule has 3 amide bonds. The summed E-state index contributed by atoms with van der Waals surface area (Å²) in [6, 6.07) is 19.3. The number of hydrogen-bond donors (Lipinski definition) is 2. The maximum atomic E-state index is 12.7. The molecule has 1 aliphatic rings. The second-order valence-electron chi connectivity index (χ2n) is 7.68. The van der Waals surface area contributed by atoms with E-state index in [1.54, 1.807) is 54.3 Å². The first-order valence-corrected chi connectivity index (χ1v) is 10.9. The van der Waals surface area contributed by atoms with Gasteiger partial charge in [-0.1, -0.05) is 29.3 Å². The molecule has 0 fully saturated rings. The van der Waals surface area contributed by atoms with Crippen LogP contribution in [0.15, 0.2) is 66.7 Å². The van der Waals surface area contributed by atoms with Gasteiger partial charge in [0, 0.05) is 22.5 Å². The first-order valence-electron chi connectivity index (χ1n) is 10.5. The Hall–Kier alpha value is -3.71. The Balaban J connectivity index is 1.42. The molecule has 0 aromatic heterocycles. The molecule has 0 saturated carbocycles. The van der Waals surface area contributed by atoms with Crippen molar-refractivity contribution >= 4 is 40.6 Å². The van der Waals surface area contributed by atoms with Crippen LogP contribution in [-0.4, -0.2) is 31.2 Å². The Kier molecular flexibility index (Phi) is 6.70. The lowest BCUT2D eigenvalue weighted by molar-refractivity contribution is -0.125. The minimum atomic E-state index is -0.644. The lowest BCUT2D eigenvalue weighted by Crippen LogP contribution is -2.46. The topological polar surface area (TPSA) is 79.9 Å². The summed E-state index contributed by atoms with van der Waals surface area (Å²) >= 11 is 5.87. The van der Waals surface area contributed by atoms with Gasteiger partial charge in [0.1, 0.15) is 18.1 Å². The highest BCUT2D eigenvalue weighted by Crippen LogP contribution is 2.36. The van der Waals surface area contributed by atoms with E-state index in [2.05, 4.69) is 10.6 Å². The van der Waals surface area contributed by atoms with E-state index in [1.807, 2.05) is 31.2 Å². The molecule has 0 radical (unpaired) electrons. The van der Waals surface area contributed by atoms with E-state index >= 15 is 0 Å². The number of carbonyl (C=O) groups excluding carboxylic acids is 2. The van der Waals surface area contributed by atoms with E-state index in [9.17, 15) is 9.59 Å². The van der Waals surface area contributed by atoms with Crippen LogP contribution < -0.4 is 25.0 Å². The normalized spacial score (nSPS) is 14.8. The maximum absolute atomic E-state index is 12.7. The van der Waals surface area contributed by atoms with Gasteiger partial charge >= 0.3 is 6.03 Å². The first kappa shape index (κ1) is 22.5. The molecule has 3 aromatic carbocycles. The van der Waals surface area contributed by atoms with E-state index in [0.717, 1.165) is 11.3 Å². The van der Waals surface area contributed by atoms with Crippen molar-refractivity contribution in [3.63, 3.8) is 0 Å². The van der Waals surface area contributed by atoms with Crippen molar-refractivity contribution in [2.75, 3.05) is 28.7 Å². The van der Waals surface area contributed by atoms with Crippen molar-refractivity contribution in [2.24, 2.45) is 0 Å². The van der Waals surface area contributed by atoms with E-state index in [1.165, 1.54) is 0 Å². The quantitative estimate of drug-likeness (QED) is 0.504. The van der Waals surface area contributed by atoms with Crippen LogP contribution in [0, 0.1) is 6.92 Å². The summed E-state index contributed by atoms with van der Waals surface area (Å²) in [6.45, 7) is 4.42. The average Bonchev–Trinajstić information content (AvgIpc) is 2.79. The SMILES string of the molecule is Cc1ccc(OCCN2C(=O)C(C)Oc3cc(NC(=O)Nc4ccc(Cl)cc4)ccc32)cc1. The van der Waals surface area contributed by atoms with E-state index in [4.69, 9.17) is 21.1 Å². The van der Waals surface area contributed by atoms with Crippen LogP contribution in [0.1, 0.15) is 12.5 Å². The summed E-state index contributed by atoms with van der Waals surface area (Å²) in [5.74, 6) is 1.12. The molecule has 0 saturated heterocycles. The molecule has 0 bridgehead atoms. The summed E-state index contributed by atoms with van der Waals surface area (Å²) in [7, 11) is 0. The molecular formula is C25H24ClN3O4. The first-order chi connectivity index (χ1) is 15.9. The van der Waals surface area contributed by atoms with Crippen LogP contribution in [0.3, 0.4) is 0 Å². The van der Waals surface area contributed by atoms with Crippen LogP contribution in [0.5, 0.6) is 11.5 Å². The number of ether oxygens (including phenoxy) is 2. The number of hydrogen-bond acceptors (Lipinski definition) is 4. The zero-order valence-electron chi connectivity index (χ0n) is 18.3. The Bertz CT molecular complexity index is 1150. The summed E-state index contributed by atoms with van der Waals surface area (Å²) in [6.07, 6.45) is -0.644. The number of nitrogens with one attached hydrogen (secondary N) is 2. The highest BCUT2D eigenvalue weighted by Gasteiger charge is 2.31. The Morgan fingerprint density at radius 1 is 1.03 bits per heavy atom. The van der Waals surface area contributed by atoms with Crippen molar-refractivity contribution in [1.82, 2.24) is 0 Å². The van der Waals surface area contributed by atoms with Crippen LogP contribution in [0.4, 0.5) is 21.9 Å². The third-order valence-corrected chi connectivity index (χ3v) is 5.38. The number of aryl methyl sites for hydroxylation is 1. The highest BCUT2D eigenvalue weighted by molar-refractivity contribution is 6.30. The monoisotopic (exact) mass is 465 g/mol. The van der Waals surface area contributed by atoms with Crippen molar-refractivity contribution in [3.05, 3.63) is 77.3 Å². The summed E-state index contributed by atoms with van der Waals surface area (Å²) < 4.78 is 11.6. The maximum Gasteiger partial charge on any atom is 0.323 e. The minimum Gasteiger partial charge on any atom is -0.492 e. The molecule has 4 rings (SSSR count). The van der Waals surface area contributed by atoms with Crippen LogP contribution >= 0.6 is 11.6 Å².